The lowest BCUT2D eigenvalue weighted by molar-refractivity contribution is -0.144. The van der Waals surface area contributed by atoms with Gasteiger partial charge in [0, 0.05) is 43.7 Å². The average Bonchev–Trinajstić information content (AvgIpc) is 3.11. The third-order valence-corrected chi connectivity index (χ3v) is 6.26. The van der Waals surface area contributed by atoms with E-state index < -0.39 is 0 Å². The molecule has 2 aromatic rings. The van der Waals surface area contributed by atoms with Crippen molar-refractivity contribution >= 4 is 29.5 Å². The first-order valence-electron chi connectivity index (χ1n) is 13.5. The van der Waals surface area contributed by atoms with Gasteiger partial charge < -0.3 is 20.6 Å². The molecule has 3 rings (SSSR count). The fourth-order valence-electron chi connectivity index (χ4n) is 4.28. The Balaban J connectivity index is 1.82. The van der Waals surface area contributed by atoms with E-state index in [0.29, 0.717) is 62.0 Å². The van der Waals surface area contributed by atoms with Crippen molar-refractivity contribution < 1.29 is 19.4 Å². The van der Waals surface area contributed by atoms with Gasteiger partial charge in [0.1, 0.15) is 0 Å². The maximum atomic E-state index is 13.4. The Morgan fingerprint density at radius 3 is 2.54 bits per heavy atom. The van der Waals surface area contributed by atoms with Crippen LogP contribution in [0.1, 0.15) is 57.6 Å². The van der Waals surface area contributed by atoms with Gasteiger partial charge in [-0.15, -0.1) is 5.11 Å². The van der Waals surface area contributed by atoms with Gasteiger partial charge in [-0.1, -0.05) is 62.4 Å². The number of aliphatic hydroxyl groups is 1. The number of aryl methyl sites for hydroxylation is 1. The Morgan fingerprint density at radius 2 is 1.87 bits per heavy atom. The first-order valence-corrected chi connectivity index (χ1v) is 13.5. The van der Waals surface area contributed by atoms with Gasteiger partial charge in [-0.05, 0) is 54.0 Å². The molecule has 208 valence electrons. The van der Waals surface area contributed by atoms with Crippen LogP contribution in [0.5, 0.6) is 0 Å². The second kappa shape index (κ2) is 14.9. The van der Waals surface area contributed by atoms with E-state index >= 15 is 0 Å². The van der Waals surface area contributed by atoms with E-state index in [1.54, 1.807) is 4.90 Å². The highest BCUT2D eigenvalue weighted by atomic mass is 16.5. The van der Waals surface area contributed by atoms with Crippen molar-refractivity contribution in [2.45, 2.75) is 52.9 Å². The van der Waals surface area contributed by atoms with Crippen molar-refractivity contribution in [2.24, 2.45) is 27.1 Å². The van der Waals surface area contributed by atoms with E-state index in [0.717, 1.165) is 28.7 Å². The summed E-state index contributed by atoms with van der Waals surface area (Å²) in [5.41, 5.74) is 5.05. The normalized spacial score (nSPS) is 13.1. The zero-order valence-corrected chi connectivity index (χ0v) is 23.1. The number of hydrogen-bond donors (Lipinski definition) is 2. The van der Waals surface area contributed by atoms with Gasteiger partial charge in [0.15, 0.2) is 5.84 Å². The lowest BCUT2D eigenvalue weighted by Gasteiger charge is -2.23. The number of nitrogens with two attached hydrogens (primary N) is 1. The van der Waals surface area contributed by atoms with Gasteiger partial charge in [-0.2, -0.15) is 0 Å². The number of rotatable bonds is 12. The molecule has 0 bridgehead atoms. The van der Waals surface area contributed by atoms with Gasteiger partial charge in [0.05, 0.1) is 12.3 Å². The quantitative estimate of drug-likeness (QED) is 0.167. The average molecular weight is 534 g/mol. The second-order valence-corrected chi connectivity index (χ2v) is 10.0. The van der Waals surface area contributed by atoms with Gasteiger partial charge in [-0.3, -0.25) is 9.59 Å². The maximum absolute atomic E-state index is 13.4. The first kappa shape index (κ1) is 29.7. The minimum absolute atomic E-state index is 0.0259. The lowest BCUT2D eigenvalue weighted by Crippen LogP contribution is -2.34. The maximum Gasteiger partial charge on any atom is 0.306 e. The highest BCUT2D eigenvalue weighted by Crippen LogP contribution is 2.33. The van der Waals surface area contributed by atoms with Crippen molar-refractivity contribution in [2.75, 3.05) is 26.3 Å². The number of aliphatic hydroxyl groups excluding tert-OH is 1. The first-order chi connectivity index (χ1) is 18.8. The number of esters is 1. The molecule has 2 aromatic carbocycles. The Hall–Kier alpha value is -3.85. The number of aliphatic imine (C=N–C) groups is 1. The van der Waals surface area contributed by atoms with Crippen LogP contribution in [-0.4, -0.2) is 54.0 Å². The lowest BCUT2D eigenvalue weighted by atomic mass is 9.99. The van der Waals surface area contributed by atoms with Crippen LogP contribution >= 0.6 is 0 Å². The van der Waals surface area contributed by atoms with Crippen molar-refractivity contribution in [1.29, 1.82) is 0 Å². The van der Waals surface area contributed by atoms with E-state index in [1.807, 2.05) is 69.3 Å². The summed E-state index contributed by atoms with van der Waals surface area (Å²) >= 11 is 0. The number of amides is 1. The molecule has 0 radical (unpaired) electrons. The molecule has 0 spiro atoms. The molecule has 0 aromatic heterocycles. The van der Waals surface area contributed by atoms with E-state index in [1.165, 1.54) is 0 Å². The highest BCUT2D eigenvalue weighted by molar-refractivity contribution is 6.06. The van der Waals surface area contributed by atoms with Crippen molar-refractivity contribution in [3.8, 4) is 11.1 Å². The van der Waals surface area contributed by atoms with E-state index in [2.05, 4.69) is 15.3 Å². The summed E-state index contributed by atoms with van der Waals surface area (Å²) in [6, 6.07) is 14.0. The zero-order valence-electron chi connectivity index (χ0n) is 23.1. The predicted molar refractivity (Wildman–Crippen MR) is 153 cm³/mol. The Kier molecular flexibility index (Phi) is 11.4. The van der Waals surface area contributed by atoms with E-state index in [4.69, 9.17) is 10.6 Å². The van der Waals surface area contributed by atoms with Crippen LogP contribution in [0.25, 0.3) is 17.2 Å². The second-order valence-electron chi connectivity index (χ2n) is 10.0. The topological polar surface area (TPSA) is 130 Å². The summed E-state index contributed by atoms with van der Waals surface area (Å²) in [6.45, 7) is 7.59. The fourth-order valence-corrected chi connectivity index (χ4v) is 4.28. The summed E-state index contributed by atoms with van der Waals surface area (Å²) in [5.74, 6) is 5.73. The highest BCUT2D eigenvalue weighted by Gasteiger charge is 2.22. The zero-order chi connectivity index (χ0) is 28.2. The number of hydrogen-bond acceptors (Lipinski definition) is 7. The molecule has 1 heterocycles. The van der Waals surface area contributed by atoms with E-state index in [-0.39, 0.29) is 24.9 Å². The van der Waals surface area contributed by atoms with Crippen molar-refractivity contribution in [3.63, 3.8) is 0 Å². The van der Waals surface area contributed by atoms with Gasteiger partial charge >= 0.3 is 5.97 Å². The Bertz CT molecular complexity index is 1220. The summed E-state index contributed by atoms with van der Waals surface area (Å²) in [7, 11) is 0. The molecule has 0 unspecified atom stereocenters. The molecule has 1 aliphatic rings. The summed E-state index contributed by atoms with van der Waals surface area (Å²) in [4.78, 5) is 31.7. The molecule has 39 heavy (non-hydrogen) atoms. The third kappa shape index (κ3) is 8.85. The van der Waals surface area contributed by atoms with Crippen LogP contribution < -0.4 is 5.84 Å². The van der Waals surface area contributed by atoms with Gasteiger partial charge in [0.25, 0.3) is 0 Å². The molecular weight excluding hydrogens is 494 g/mol. The standard InChI is InChI=1S/C30H39N5O4/c1-4-14-35(15-5-16-36)30(38)26-17-25-12-11-24(18-27(25)32-28(19-26)33-34-31)23-9-6-22(7-10-23)8-13-29(37)39-20-21(2)3/h6-7,9-12,17-18,21,36H,4-5,8,13-16,19-20H2,1-3H3,(H2,31,32,33). The number of carbonyl (C=O) groups is 2. The number of amidine groups is 1. The molecule has 0 saturated carbocycles. The van der Waals surface area contributed by atoms with Crippen molar-refractivity contribution in [3.05, 3.63) is 59.2 Å². The van der Waals surface area contributed by atoms with Crippen LogP contribution in [0, 0.1) is 5.92 Å². The van der Waals surface area contributed by atoms with Crippen molar-refractivity contribution in [1.82, 2.24) is 4.90 Å². The van der Waals surface area contributed by atoms with Gasteiger partial charge in [-0.25, -0.2) is 4.99 Å². The summed E-state index contributed by atoms with van der Waals surface area (Å²) < 4.78 is 5.26. The molecule has 9 nitrogen and oxygen atoms in total. The smallest absolute Gasteiger partial charge is 0.306 e. The summed E-state index contributed by atoms with van der Waals surface area (Å²) in [6.07, 6.45) is 4.36. The number of benzene rings is 2. The Morgan fingerprint density at radius 1 is 1.13 bits per heavy atom. The molecule has 3 N–H and O–H groups in total. The largest absolute Gasteiger partial charge is 0.465 e. The van der Waals surface area contributed by atoms with Crippen LogP contribution in [-0.2, 0) is 20.7 Å². The van der Waals surface area contributed by atoms with Gasteiger partial charge in [0.2, 0.25) is 5.91 Å². The molecule has 0 fully saturated rings. The monoisotopic (exact) mass is 533 g/mol. The number of carbonyl (C=O) groups excluding carboxylic acids is 2. The van der Waals surface area contributed by atoms with Crippen LogP contribution in [0.2, 0.25) is 0 Å². The molecule has 1 amide bonds. The number of fused-ring (bicyclic) bond motifs is 1. The molecule has 0 aliphatic carbocycles. The number of nitrogens with zero attached hydrogens (tertiary/aromatic N) is 4. The van der Waals surface area contributed by atoms with Crippen LogP contribution in [0.15, 0.2) is 63.4 Å². The minimum atomic E-state index is -0.182. The predicted octanol–water partition coefficient (Wildman–Crippen LogP) is 5.25. The van der Waals surface area contributed by atoms with Crippen LogP contribution in [0.4, 0.5) is 5.69 Å². The number of ether oxygens (including phenoxy) is 1. The molecule has 0 atom stereocenters. The molecular formula is C30H39N5O4. The molecule has 0 saturated heterocycles. The Labute approximate surface area is 230 Å². The minimum Gasteiger partial charge on any atom is -0.465 e. The fraction of sp³-hybridized carbons (Fsp3) is 0.433. The molecule has 1 aliphatic heterocycles. The molecule has 9 heteroatoms. The van der Waals surface area contributed by atoms with Crippen LogP contribution in [0.3, 0.4) is 0 Å². The van der Waals surface area contributed by atoms with E-state index in [9.17, 15) is 14.7 Å². The summed E-state index contributed by atoms with van der Waals surface area (Å²) in [5, 5.41) is 16.6. The SMILES string of the molecule is CCCN(CCCO)C(=O)C1=Cc2ccc(-c3ccc(CCC(=O)OCC(C)C)cc3)cc2N=C(N=NN)C1. The third-order valence-electron chi connectivity index (χ3n) is 6.26.